The molecule has 1 unspecified atom stereocenters. The summed E-state index contributed by atoms with van der Waals surface area (Å²) in [4.78, 5) is 0. The Morgan fingerprint density at radius 1 is 0.857 bits per heavy atom. The van der Waals surface area contributed by atoms with E-state index in [0.29, 0.717) is 5.56 Å². The van der Waals surface area contributed by atoms with E-state index in [0.717, 1.165) is 28.5 Å². The fourth-order valence-electron chi connectivity index (χ4n) is 2.47. The minimum atomic E-state index is -0.978. The highest BCUT2D eigenvalue weighted by Crippen LogP contribution is 2.32. The van der Waals surface area contributed by atoms with Crippen LogP contribution in [0.15, 0.2) is 54.6 Å². The fraction of sp³-hybridized carbons (Fsp3) is 0.0588. The zero-order valence-corrected chi connectivity index (χ0v) is 11.7. The lowest BCUT2D eigenvalue weighted by Crippen LogP contribution is -2.13. The fourth-order valence-corrected chi connectivity index (χ4v) is 2.73. The maximum atomic E-state index is 13.5. The Morgan fingerprint density at radius 2 is 1.52 bits per heavy atom. The quantitative estimate of drug-likeness (QED) is 0.675. The van der Waals surface area contributed by atoms with Gasteiger partial charge in [0.1, 0.15) is 0 Å². The SMILES string of the molecule is NC(c1cc(F)c(F)cc1Cl)c1cccc2ccccc12. The monoisotopic (exact) mass is 303 g/mol. The molecule has 2 N–H and O–H groups in total. The Hall–Kier alpha value is -1.97. The highest BCUT2D eigenvalue weighted by molar-refractivity contribution is 6.31. The van der Waals surface area contributed by atoms with Gasteiger partial charge in [-0.05, 0) is 34.0 Å². The van der Waals surface area contributed by atoms with E-state index >= 15 is 0 Å². The van der Waals surface area contributed by atoms with Crippen molar-refractivity contribution in [1.29, 1.82) is 0 Å². The van der Waals surface area contributed by atoms with Crippen molar-refractivity contribution in [2.45, 2.75) is 6.04 Å². The van der Waals surface area contributed by atoms with Crippen molar-refractivity contribution in [3.05, 3.63) is 82.4 Å². The summed E-state index contributed by atoms with van der Waals surface area (Å²) in [6.45, 7) is 0. The van der Waals surface area contributed by atoms with Gasteiger partial charge in [-0.15, -0.1) is 0 Å². The van der Waals surface area contributed by atoms with Crippen molar-refractivity contribution in [2.75, 3.05) is 0 Å². The number of rotatable bonds is 2. The smallest absolute Gasteiger partial charge is 0.160 e. The van der Waals surface area contributed by atoms with Crippen LogP contribution in [0.25, 0.3) is 10.8 Å². The predicted octanol–water partition coefficient (Wildman–Crippen LogP) is 4.82. The van der Waals surface area contributed by atoms with Crippen LogP contribution in [0.4, 0.5) is 8.78 Å². The molecule has 0 saturated carbocycles. The first-order chi connectivity index (χ1) is 10.1. The lowest BCUT2D eigenvalue weighted by molar-refractivity contribution is 0.506. The van der Waals surface area contributed by atoms with E-state index in [4.69, 9.17) is 17.3 Å². The number of nitrogens with two attached hydrogens (primary N) is 1. The van der Waals surface area contributed by atoms with E-state index in [9.17, 15) is 8.78 Å². The van der Waals surface area contributed by atoms with E-state index in [-0.39, 0.29) is 5.02 Å². The largest absolute Gasteiger partial charge is 0.320 e. The van der Waals surface area contributed by atoms with Crippen molar-refractivity contribution in [3.8, 4) is 0 Å². The summed E-state index contributed by atoms with van der Waals surface area (Å²) in [5.41, 5.74) is 7.42. The van der Waals surface area contributed by atoms with Crippen LogP contribution in [0.5, 0.6) is 0 Å². The van der Waals surface area contributed by atoms with Crippen LogP contribution in [-0.2, 0) is 0 Å². The number of fused-ring (bicyclic) bond motifs is 1. The second-order valence-corrected chi connectivity index (χ2v) is 5.24. The number of hydrogen-bond donors (Lipinski definition) is 1. The number of halogens is 3. The van der Waals surface area contributed by atoms with Crippen LogP contribution >= 0.6 is 11.6 Å². The first kappa shape index (κ1) is 14.0. The normalized spacial score (nSPS) is 12.6. The van der Waals surface area contributed by atoms with Crippen molar-refractivity contribution in [1.82, 2.24) is 0 Å². The van der Waals surface area contributed by atoms with Crippen LogP contribution in [0.3, 0.4) is 0 Å². The van der Waals surface area contributed by atoms with E-state index in [1.807, 2.05) is 42.5 Å². The lowest BCUT2D eigenvalue weighted by atomic mass is 9.94. The van der Waals surface area contributed by atoms with E-state index in [1.165, 1.54) is 0 Å². The van der Waals surface area contributed by atoms with Crippen molar-refractivity contribution < 1.29 is 8.78 Å². The van der Waals surface area contributed by atoms with Gasteiger partial charge in [0, 0.05) is 5.02 Å². The summed E-state index contributed by atoms with van der Waals surface area (Å²) < 4.78 is 26.6. The van der Waals surface area contributed by atoms with Gasteiger partial charge in [-0.2, -0.15) is 0 Å². The number of benzene rings is 3. The van der Waals surface area contributed by atoms with E-state index in [1.54, 1.807) is 0 Å². The average molecular weight is 304 g/mol. The van der Waals surface area contributed by atoms with Crippen LogP contribution < -0.4 is 5.73 Å². The maximum Gasteiger partial charge on any atom is 0.160 e. The predicted molar refractivity (Wildman–Crippen MR) is 81.3 cm³/mol. The van der Waals surface area contributed by atoms with Crippen LogP contribution in [-0.4, -0.2) is 0 Å². The third-order valence-electron chi connectivity index (χ3n) is 3.53. The van der Waals surface area contributed by atoms with E-state index in [2.05, 4.69) is 0 Å². The Morgan fingerprint density at radius 3 is 2.33 bits per heavy atom. The summed E-state index contributed by atoms with van der Waals surface area (Å²) in [6.07, 6.45) is 0. The highest BCUT2D eigenvalue weighted by Gasteiger charge is 2.17. The van der Waals surface area contributed by atoms with Gasteiger partial charge in [0.2, 0.25) is 0 Å². The summed E-state index contributed by atoms with van der Waals surface area (Å²) in [5.74, 6) is -1.93. The molecule has 0 aromatic heterocycles. The highest BCUT2D eigenvalue weighted by atomic mass is 35.5. The first-order valence-corrected chi connectivity index (χ1v) is 6.83. The third kappa shape index (κ3) is 2.50. The second-order valence-electron chi connectivity index (χ2n) is 4.83. The standard InChI is InChI=1S/C17H12ClF2N/c18-14-9-16(20)15(19)8-13(14)17(21)12-7-3-5-10-4-1-2-6-11(10)12/h1-9,17H,21H2. The van der Waals surface area contributed by atoms with Gasteiger partial charge < -0.3 is 5.73 Å². The molecule has 0 fully saturated rings. The molecule has 0 spiro atoms. The molecule has 0 bridgehead atoms. The molecule has 0 heterocycles. The van der Waals surface area contributed by atoms with Crippen molar-refractivity contribution >= 4 is 22.4 Å². The van der Waals surface area contributed by atoms with Gasteiger partial charge in [-0.25, -0.2) is 8.78 Å². The van der Waals surface area contributed by atoms with Gasteiger partial charge in [-0.1, -0.05) is 54.1 Å². The zero-order valence-electron chi connectivity index (χ0n) is 11.0. The molecular weight excluding hydrogens is 292 g/mol. The molecule has 0 saturated heterocycles. The van der Waals surface area contributed by atoms with Crippen LogP contribution in [0.2, 0.25) is 5.02 Å². The third-order valence-corrected chi connectivity index (χ3v) is 3.86. The zero-order chi connectivity index (χ0) is 15.0. The molecule has 1 atom stereocenters. The molecule has 0 aliphatic heterocycles. The Bertz CT molecular complexity index is 812. The summed E-state index contributed by atoms with van der Waals surface area (Å²) in [6, 6.07) is 14.9. The molecule has 4 heteroatoms. The molecule has 0 radical (unpaired) electrons. The van der Waals surface area contributed by atoms with Gasteiger partial charge >= 0.3 is 0 Å². The summed E-state index contributed by atoms with van der Waals surface area (Å²) in [5, 5.41) is 2.12. The molecule has 1 nitrogen and oxygen atoms in total. The minimum absolute atomic E-state index is 0.120. The minimum Gasteiger partial charge on any atom is -0.320 e. The topological polar surface area (TPSA) is 26.0 Å². The Balaban J connectivity index is 2.17. The molecular formula is C17H12ClF2N. The molecule has 106 valence electrons. The van der Waals surface area contributed by atoms with Crippen molar-refractivity contribution in [3.63, 3.8) is 0 Å². The van der Waals surface area contributed by atoms with E-state index < -0.39 is 17.7 Å². The molecule has 0 aliphatic carbocycles. The molecule has 3 aromatic rings. The van der Waals surface area contributed by atoms with Crippen LogP contribution in [0, 0.1) is 11.6 Å². The molecule has 3 aromatic carbocycles. The average Bonchev–Trinajstić information content (AvgIpc) is 2.49. The van der Waals surface area contributed by atoms with Crippen LogP contribution in [0.1, 0.15) is 17.2 Å². The molecule has 3 rings (SSSR count). The Labute approximate surface area is 126 Å². The van der Waals surface area contributed by atoms with Gasteiger partial charge in [0.15, 0.2) is 11.6 Å². The lowest BCUT2D eigenvalue weighted by Gasteiger charge is -2.17. The second kappa shape index (κ2) is 5.43. The van der Waals surface area contributed by atoms with Gasteiger partial charge in [0.25, 0.3) is 0 Å². The van der Waals surface area contributed by atoms with Gasteiger partial charge in [-0.3, -0.25) is 0 Å². The molecule has 0 aliphatic rings. The molecule has 0 amide bonds. The number of hydrogen-bond acceptors (Lipinski definition) is 1. The Kier molecular flexibility index (Phi) is 3.62. The molecule has 21 heavy (non-hydrogen) atoms. The van der Waals surface area contributed by atoms with Gasteiger partial charge in [0.05, 0.1) is 6.04 Å². The van der Waals surface area contributed by atoms with Crippen molar-refractivity contribution in [2.24, 2.45) is 5.73 Å². The summed E-state index contributed by atoms with van der Waals surface area (Å²) >= 11 is 6.01. The maximum absolute atomic E-state index is 13.5. The summed E-state index contributed by atoms with van der Waals surface area (Å²) in [7, 11) is 0. The first-order valence-electron chi connectivity index (χ1n) is 6.45.